The second-order valence-corrected chi connectivity index (χ2v) is 5.69. The Morgan fingerprint density at radius 2 is 2.10 bits per heavy atom. The number of aromatic carboxylic acids is 1. The van der Waals surface area contributed by atoms with Crippen molar-refractivity contribution < 1.29 is 14.7 Å². The molecular weight excluding hydrogens is 280 g/mol. The maximum absolute atomic E-state index is 12.0. The lowest BCUT2D eigenvalue weighted by atomic mass is 9.66. The van der Waals surface area contributed by atoms with Crippen LogP contribution in [0.2, 0.25) is 5.02 Å². The van der Waals surface area contributed by atoms with Gasteiger partial charge in [-0.3, -0.25) is 4.79 Å². The van der Waals surface area contributed by atoms with Crippen LogP contribution in [-0.2, 0) is 4.79 Å². The second-order valence-electron chi connectivity index (χ2n) is 5.28. The Morgan fingerprint density at radius 3 is 2.60 bits per heavy atom. The molecule has 0 bridgehead atoms. The molecule has 6 heteroatoms. The zero-order chi connectivity index (χ0) is 14.8. The number of carbonyl (C=O) groups excluding carboxylic acids is 1. The Kier molecular flexibility index (Phi) is 4.30. The molecule has 1 aromatic rings. The fraction of sp³-hybridized carbons (Fsp3) is 0.429. The highest BCUT2D eigenvalue weighted by Gasteiger charge is 2.37. The van der Waals surface area contributed by atoms with Crippen molar-refractivity contribution in [2.75, 3.05) is 11.9 Å². The molecule has 1 aliphatic rings. The van der Waals surface area contributed by atoms with Gasteiger partial charge in [0.2, 0.25) is 5.91 Å². The molecule has 2 rings (SSSR count). The van der Waals surface area contributed by atoms with Crippen molar-refractivity contribution in [2.45, 2.75) is 25.7 Å². The average Bonchev–Trinajstić information content (AvgIpc) is 2.36. The highest BCUT2D eigenvalue weighted by Crippen LogP contribution is 2.43. The van der Waals surface area contributed by atoms with Crippen LogP contribution in [-0.4, -0.2) is 23.5 Å². The van der Waals surface area contributed by atoms with Gasteiger partial charge in [-0.25, -0.2) is 4.79 Å². The van der Waals surface area contributed by atoms with Crippen molar-refractivity contribution in [1.82, 2.24) is 0 Å². The number of carbonyl (C=O) groups is 2. The first-order valence-corrected chi connectivity index (χ1v) is 6.86. The molecule has 0 saturated heterocycles. The van der Waals surface area contributed by atoms with Crippen LogP contribution < -0.4 is 11.1 Å². The summed E-state index contributed by atoms with van der Waals surface area (Å²) < 4.78 is 0. The first-order chi connectivity index (χ1) is 9.46. The zero-order valence-electron chi connectivity index (χ0n) is 11.0. The number of halogens is 1. The summed E-state index contributed by atoms with van der Waals surface area (Å²) in [4.78, 5) is 23.0. The summed E-state index contributed by atoms with van der Waals surface area (Å²) in [7, 11) is 0. The molecule has 0 aromatic heterocycles. The van der Waals surface area contributed by atoms with E-state index in [2.05, 4.69) is 5.32 Å². The monoisotopic (exact) mass is 296 g/mol. The molecule has 0 spiro atoms. The van der Waals surface area contributed by atoms with Gasteiger partial charge in [0, 0.05) is 12.1 Å². The SMILES string of the molecule is NCC1(CC(=O)Nc2ccc(Cl)c(C(=O)O)c2)CCC1. The molecule has 0 radical (unpaired) electrons. The minimum atomic E-state index is -1.12. The quantitative estimate of drug-likeness (QED) is 0.778. The Hall–Kier alpha value is -1.59. The fourth-order valence-electron chi connectivity index (χ4n) is 2.44. The minimum absolute atomic E-state index is 0.0263. The number of nitrogens with one attached hydrogen (secondary N) is 1. The lowest BCUT2D eigenvalue weighted by Crippen LogP contribution is -2.40. The highest BCUT2D eigenvalue weighted by molar-refractivity contribution is 6.33. The summed E-state index contributed by atoms with van der Waals surface area (Å²) in [6, 6.07) is 4.41. The van der Waals surface area contributed by atoms with Gasteiger partial charge in [-0.15, -0.1) is 0 Å². The van der Waals surface area contributed by atoms with Gasteiger partial charge in [0.15, 0.2) is 0 Å². The second kappa shape index (κ2) is 5.81. The third-order valence-corrected chi connectivity index (χ3v) is 4.19. The molecule has 0 unspecified atom stereocenters. The van der Waals surface area contributed by atoms with Crippen molar-refractivity contribution in [3.8, 4) is 0 Å². The number of hydrogen-bond donors (Lipinski definition) is 3. The van der Waals surface area contributed by atoms with Gasteiger partial charge in [0.1, 0.15) is 0 Å². The van der Waals surface area contributed by atoms with E-state index in [4.69, 9.17) is 22.4 Å². The lowest BCUT2D eigenvalue weighted by molar-refractivity contribution is -0.119. The molecule has 0 aliphatic heterocycles. The van der Waals surface area contributed by atoms with E-state index in [1.807, 2.05) is 0 Å². The highest BCUT2D eigenvalue weighted by atomic mass is 35.5. The predicted octanol–water partition coefficient (Wildman–Crippen LogP) is 2.50. The van der Waals surface area contributed by atoms with E-state index in [-0.39, 0.29) is 21.9 Å². The Balaban J connectivity index is 2.04. The van der Waals surface area contributed by atoms with E-state index >= 15 is 0 Å². The molecule has 108 valence electrons. The average molecular weight is 297 g/mol. The number of carboxylic acids is 1. The van der Waals surface area contributed by atoms with Gasteiger partial charge in [0.05, 0.1) is 10.6 Å². The van der Waals surface area contributed by atoms with Crippen molar-refractivity contribution in [3.05, 3.63) is 28.8 Å². The van der Waals surface area contributed by atoms with Crippen LogP contribution in [0.5, 0.6) is 0 Å². The fourth-order valence-corrected chi connectivity index (χ4v) is 2.64. The summed E-state index contributed by atoms with van der Waals surface area (Å²) in [6.45, 7) is 0.501. The Morgan fingerprint density at radius 1 is 1.40 bits per heavy atom. The van der Waals surface area contributed by atoms with Gasteiger partial charge in [0.25, 0.3) is 0 Å². The molecule has 1 aromatic carbocycles. The van der Waals surface area contributed by atoms with Crippen molar-refractivity contribution in [3.63, 3.8) is 0 Å². The first kappa shape index (κ1) is 14.8. The van der Waals surface area contributed by atoms with Crippen molar-refractivity contribution in [2.24, 2.45) is 11.1 Å². The first-order valence-electron chi connectivity index (χ1n) is 6.48. The van der Waals surface area contributed by atoms with E-state index in [0.717, 1.165) is 19.3 Å². The van der Waals surface area contributed by atoms with Gasteiger partial charge in [-0.05, 0) is 43.0 Å². The Labute approximate surface area is 122 Å². The number of anilines is 1. The summed E-state index contributed by atoms with van der Waals surface area (Å²) in [5.41, 5.74) is 6.05. The molecule has 4 N–H and O–H groups in total. The normalized spacial score (nSPS) is 16.3. The van der Waals surface area contributed by atoms with Crippen LogP contribution in [0.25, 0.3) is 0 Å². The van der Waals surface area contributed by atoms with Crippen LogP contribution in [0.1, 0.15) is 36.0 Å². The molecule has 20 heavy (non-hydrogen) atoms. The van der Waals surface area contributed by atoms with E-state index in [1.54, 1.807) is 6.07 Å². The summed E-state index contributed by atoms with van der Waals surface area (Å²) >= 11 is 5.78. The summed E-state index contributed by atoms with van der Waals surface area (Å²) in [5.74, 6) is -1.27. The van der Waals surface area contributed by atoms with Crippen LogP contribution in [0.4, 0.5) is 5.69 Å². The number of benzene rings is 1. The summed E-state index contributed by atoms with van der Waals surface area (Å²) in [6.07, 6.45) is 3.42. The number of hydrogen-bond acceptors (Lipinski definition) is 3. The molecule has 1 amide bonds. The number of nitrogens with two attached hydrogens (primary N) is 1. The van der Waals surface area contributed by atoms with E-state index in [0.29, 0.717) is 18.7 Å². The predicted molar refractivity (Wildman–Crippen MR) is 77.0 cm³/mol. The van der Waals surface area contributed by atoms with Crippen molar-refractivity contribution in [1.29, 1.82) is 0 Å². The van der Waals surface area contributed by atoms with Gasteiger partial charge < -0.3 is 16.2 Å². The maximum atomic E-state index is 12.0. The van der Waals surface area contributed by atoms with Crippen LogP contribution in [0, 0.1) is 5.41 Å². The van der Waals surface area contributed by atoms with E-state index in [1.165, 1.54) is 12.1 Å². The molecule has 0 heterocycles. The van der Waals surface area contributed by atoms with Crippen LogP contribution in [0.3, 0.4) is 0 Å². The minimum Gasteiger partial charge on any atom is -0.478 e. The largest absolute Gasteiger partial charge is 0.478 e. The molecule has 5 nitrogen and oxygen atoms in total. The zero-order valence-corrected chi connectivity index (χ0v) is 11.7. The number of carboxylic acid groups (broad SMARTS) is 1. The third-order valence-electron chi connectivity index (χ3n) is 3.86. The van der Waals surface area contributed by atoms with Crippen LogP contribution >= 0.6 is 11.6 Å². The molecule has 0 atom stereocenters. The molecule has 1 aliphatic carbocycles. The smallest absolute Gasteiger partial charge is 0.337 e. The Bertz CT molecular complexity index is 536. The third kappa shape index (κ3) is 3.11. The topological polar surface area (TPSA) is 92.4 Å². The maximum Gasteiger partial charge on any atom is 0.337 e. The van der Waals surface area contributed by atoms with Gasteiger partial charge in [-0.2, -0.15) is 0 Å². The van der Waals surface area contributed by atoms with Gasteiger partial charge >= 0.3 is 5.97 Å². The van der Waals surface area contributed by atoms with Gasteiger partial charge in [-0.1, -0.05) is 18.0 Å². The van der Waals surface area contributed by atoms with Crippen molar-refractivity contribution >= 4 is 29.2 Å². The number of amides is 1. The molecule has 1 fully saturated rings. The summed E-state index contributed by atoms with van der Waals surface area (Å²) in [5, 5.41) is 11.8. The standard InChI is InChI=1S/C14H17ClN2O3/c15-11-3-2-9(6-10(11)13(19)20)17-12(18)7-14(8-16)4-1-5-14/h2-3,6H,1,4-5,7-8,16H2,(H,17,18)(H,19,20). The molecule has 1 saturated carbocycles. The lowest BCUT2D eigenvalue weighted by Gasteiger charge is -2.40. The van der Waals surface area contributed by atoms with Crippen LogP contribution in [0.15, 0.2) is 18.2 Å². The van der Waals surface area contributed by atoms with E-state index in [9.17, 15) is 9.59 Å². The number of rotatable bonds is 5. The molecular formula is C14H17ClN2O3. The van der Waals surface area contributed by atoms with E-state index < -0.39 is 5.97 Å².